The predicted molar refractivity (Wildman–Crippen MR) is 124 cm³/mol. The maximum Gasteiger partial charge on any atom is 0.264 e. The topological polar surface area (TPSA) is 115 Å². The van der Waals surface area contributed by atoms with Gasteiger partial charge in [0.25, 0.3) is 10.0 Å². The molecule has 11 heteroatoms. The second-order valence-corrected chi connectivity index (χ2v) is 9.54. The van der Waals surface area contributed by atoms with E-state index in [-0.39, 0.29) is 16.2 Å². The lowest BCUT2D eigenvalue weighted by Gasteiger charge is -2.17. The quantitative estimate of drug-likeness (QED) is 0.368. The zero-order valence-electron chi connectivity index (χ0n) is 17.8. The number of Topliss-reactive ketones (excluding diaryl/α,β-unsaturated/α-hetero) is 1. The van der Waals surface area contributed by atoms with Gasteiger partial charge in [-0.1, -0.05) is 24.3 Å². The molecule has 1 aromatic heterocycles. The van der Waals surface area contributed by atoms with Gasteiger partial charge < -0.3 is 4.74 Å². The van der Waals surface area contributed by atoms with Gasteiger partial charge in [0.05, 0.1) is 29.7 Å². The average Bonchev–Trinajstić information content (AvgIpc) is 3.30. The molecule has 3 aromatic carbocycles. The maximum atomic E-state index is 14.1. The molecule has 0 spiro atoms. The second kappa shape index (κ2) is 9.65. The summed E-state index contributed by atoms with van der Waals surface area (Å²) in [6, 6.07) is 15.9. The molecule has 0 aliphatic carbocycles. The van der Waals surface area contributed by atoms with Crippen LogP contribution in [0.15, 0.2) is 71.6 Å². The fraction of sp³-hybridized carbons (Fsp3) is 0.130. The highest BCUT2D eigenvalue weighted by atomic mass is 32.2. The van der Waals surface area contributed by atoms with Crippen molar-refractivity contribution in [3.63, 3.8) is 0 Å². The van der Waals surface area contributed by atoms with E-state index in [1.54, 1.807) is 24.3 Å². The second-order valence-electron chi connectivity index (χ2n) is 7.32. The molecule has 0 radical (unpaired) electrons. The number of carbonyl (C=O) groups is 2. The molecule has 174 valence electrons. The SMILES string of the molecule is COc1ccc(C(=O)CC(C(=O)NS(=O)(=O)c2ccccc2)c2ccc3nsnc3c2)cc1F. The Morgan fingerprint density at radius 1 is 1.03 bits per heavy atom. The van der Waals surface area contributed by atoms with Crippen LogP contribution in [0, 0.1) is 5.82 Å². The standard InChI is InChI=1S/C23H18FN3O5S2/c1-32-22-10-8-15(11-18(22)24)21(28)13-17(14-7-9-19-20(12-14)26-33-25-19)23(29)27-34(30,31)16-5-3-2-4-6-16/h2-12,17H,13H2,1H3,(H,27,29). The van der Waals surface area contributed by atoms with E-state index in [0.29, 0.717) is 16.6 Å². The predicted octanol–water partition coefficient (Wildman–Crippen LogP) is 3.70. The number of nitrogens with one attached hydrogen (secondary N) is 1. The summed E-state index contributed by atoms with van der Waals surface area (Å²) in [7, 11) is -2.87. The molecule has 1 unspecified atom stereocenters. The van der Waals surface area contributed by atoms with E-state index in [2.05, 4.69) is 13.5 Å². The summed E-state index contributed by atoms with van der Waals surface area (Å²) in [5.41, 5.74) is 1.52. The first-order valence-corrected chi connectivity index (χ1v) is 12.2. The monoisotopic (exact) mass is 499 g/mol. The van der Waals surface area contributed by atoms with Crippen LogP contribution in [0.2, 0.25) is 0 Å². The summed E-state index contributed by atoms with van der Waals surface area (Å²) < 4.78 is 54.7. The minimum atomic E-state index is -4.17. The Morgan fingerprint density at radius 2 is 1.76 bits per heavy atom. The first-order chi connectivity index (χ1) is 16.3. The van der Waals surface area contributed by atoms with Gasteiger partial charge in [0, 0.05) is 12.0 Å². The van der Waals surface area contributed by atoms with Crippen LogP contribution in [-0.4, -0.2) is 36.0 Å². The lowest BCUT2D eigenvalue weighted by Crippen LogP contribution is -2.35. The fourth-order valence-electron chi connectivity index (χ4n) is 3.38. The van der Waals surface area contributed by atoms with E-state index in [9.17, 15) is 22.4 Å². The number of fused-ring (bicyclic) bond motifs is 1. The zero-order chi connectivity index (χ0) is 24.3. The van der Waals surface area contributed by atoms with E-state index in [0.717, 1.165) is 17.8 Å². The molecule has 0 saturated heterocycles. The lowest BCUT2D eigenvalue weighted by molar-refractivity contribution is -0.120. The number of ether oxygens (including phenoxy) is 1. The van der Waals surface area contributed by atoms with Crippen molar-refractivity contribution in [2.45, 2.75) is 17.2 Å². The first kappa shape index (κ1) is 23.5. The summed E-state index contributed by atoms with van der Waals surface area (Å²) in [6.07, 6.45) is -0.398. The van der Waals surface area contributed by atoms with Gasteiger partial charge in [-0.05, 0) is 48.0 Å². The van der Waals surface area contributed by atoms with Gasteiger partial charge in [0.1, 0.15) is 11.0 Å². The molecule has 0 aliphatic heterocycles. The molecule has 1 atom stereocenters. The Hall–Kier alpha value is -3.70. The number of hydrogen-bond acceptors (Lipinski definition) is 8. The van der Waals surface area contributed by atoms with Gasteiger partial charge >= 0.3 is 0 Å². The van der Waals surface area contributed by atoms with Crippen LogP contribution in [-0.2, 0) is 14.8 Å². The molecular formula is C23H18FN3O5S2. The van der Waals surface area contributed by atoms with Crippen LogP contribution in [0.3, 0.4) is 0 Å². The third-order valence-corrected chi connectivity index (χ3v) is 7.07. The number of benzene rings is 3. The van der Waals surface area contributed by atoms with Crippen molar-refractivity contribution in [2.75, 3.05) is 7.11 Å². The average molecular weight is 500 g/mol. The Bertz CT molecular complexity index is 1470. The van der Waals surface area contributed by atoms with Gasteiger partial charge in [-0.15, -0.1) is 0 Å². The number of carbonyl (C=O) groups excluding carboxylic acids is 2. The van der Waals surface area contributed by atoms with Crippen LogP contribution in [0.5, 0.6) is 5.75 Å². The van der Waals surface area contributed by atoms with Crippen LogP contribution >= 0.6 is 11.7 Å². The summed E-state index contributed by atoms with van der Waals surface area (Å²) in [6.45, 7) is 0. The van der Waals surface area contributed by atoms with Gasteiger partial charge in [-0.2, -0.15) is 8.75 Å². The maximum absolute atomic E-state index is 14.1. The molecule has 0 bridgehead atoms. The number of rotatable bonds is 8. The number of nitrogens with zero attached hydrogens (tertiary/aromatic N) is 2. The highest BCUT2D eigenvalue weighted by Crippen LogP contribution is 2.27. The van der Waals surface area contributed by atoms with E-state index in [1.807, 2.05) is 0 Å². The number of halogens is 1. The number of amides is 1. The van der Waals surface area contributed by atoms with Crippen molar-refractivity contribution < 1.29 is 27.1 Å². The van der Waals surface area contributed by atoms with Crippen LogP contribution < -0.4 is 9.46 Å². The highest BCUT2D eigenvalue weighted by Gasteiger charge is 2.29. The van der Waals surface area contributed by atoms with Gasteiger partial charge in [-0.25, -0.2) is 17.5 Å². The van der Waals surface area contributed by atoms with Crippen molar-refractivity contribution >= 4 is 44.5 Å². The summed E-state index contributed by atoms with van der Waals surface area (Å²) in [5, 5.41) is 0. The number of hydrogen-bond donors (Lipinski definition) is 1. The number of aromatic nitrogens is 2. The van der Waals surface area contributed by atoms with Gasteiger partial charge in [0.15, 0.2) is 17.3 Å². The van der Waals surface area contributed by atoms with Crippen molar-refractivity contribution in [3.8, 4) is 5.75 Å². The van der Waals surface area contributed by atoms with Crippen LogP contribution in [0.1, 0.15) is 28.3 Å². The first-order valence-electron chi connectivity index (χ1n) is 9.99. The highest BCUT2D eigenvalue weighted by molar-refractivity contribution is 7.90. The van der Waals surface area contributed by atoms with Gasteiger partial charge in [-0.3, -0.25) is 9.59 Å². The lowest BCUT2D eigenvalue weighted by atomic mass is 9.90. The molecule has 0 saturated carbocycles. The molecular weight excluding hydrogens is 481 g/mol. The summed E-state index contributed by atoms with van der Waals surface area (Å²) in [5.74, 6) is -3.37. The van der Waals surface area contributed by atoms with E-state index >= 15 is 0 Å². The van der Waals surface area contributed by atoms with Crippen molar-refractivity contribution in [3.05, 3.63) is 83.7 Å². The third kappa shape index (κ3) is 4.95. The largest absolute Gasteiger partial charge is 0.494 e. The van der Waals surface area contributed by atoms with Crippen molar-refractivity contribution in [2.24, 2.45) is 0 Å². The minimum Gasteiger partial charge on any atom is -0.494 e. The zero-order valence-corrected chi connectivity index (χ0v) is 19.4. The summed E-state index contributed by atoms with van der Waals surface area (Å²) in [4.78, 5) is 26.0. The molecule has 4 aromatic rings. The number of ketones is 1. The fourth-order valence-corrected chi connectivity index (χ4v) is 4.94. The Morgan fingerprint density at radius 3 is 2.47 bits per heavy atom. The molecule has 1 amide bonds. The normalized spacial score (nSPS) is 12.3. The molecule has 1 N–H and O–H groups in total. The molecule has 34 heavy (non-hydrogen) atoms. The Kier molecular flexibility index (Phi) is 6.66. The molecule has 0 fully saturated rings. The van der Waals surface area contributed by atoms with E-state index in [4.69, 9.17) is 4.74 Å². The minimum absolute atomic E-state index is 0.0263. The van der Waals surface area contributed by atoms with Crippen molar-refractivity contribution in [1.29, 1.82) is 0 Å². The molecule has 1 heterocycles. The number of sulfonamides is 1. The van der Waals surface area contributed by atoms with Crippen molar-refractivity contribution in [1.82, 2.24) is 13.5 Å². The smallest absolute Gasteiger partial charge is 0.264 e. The van der Waals surface area contributed by atoms with Crippen LogP contribution in [0.4, 0.5) is 4.39 Å². The van der Waals surface area contributed by atoms with E-state index < -0.39 is 39.9 Å². The Balaban J connectivity index is 1.67. The van der Waals surface area contributed by atoms with Gasteiger partial charge in [0.2, 0.25) is 5.91 Å². The third-order valence-electron chi connectivity index (χ3n) is 5.15. The summed E-state index contributed by atoms with van der Waals surface area (Å²) >= 11 is 0.988. The molecule has 8 nitrogen and oxygen atoms in total. The molecule has 0 aliphatic rings. The van der Waals surface area contributed by atoms with E-state index in [1.165, 1.54) is 43.5 Å². The number of methoxy groups -OCH3 is 1. The Labute approximate surface area is 198 Å². The molecule has 4 rings (SSSR count). The van der Waals surface area contributed by atoms with Crippen LogP contribution in [0.25, 0.3) is 11.0 Å².